The molecule has 2 rings (SSSR count). The van der Waals surface area contributed by atoms with E-state index in [0.29, 0.717) is 5.56 Å². The number of nitrogens with one attached hydrogen (secondary N) is 2. The van der Waals surface area contributed by atoms with E-state index in [0.717, 1.165) is 6.07 Å². The van der Waals surface area contributed by atoms with Crippen molar-refractivity contribution in [3.63, 3.8) is 0 Å². The van der Waals surface area contributed by atoms with Gasteiger partial charge in [0.15, 0.2) is 16.6 Å². The molecule has 0 amide bonds. The van der Waals surface area contributed by atoms with Crippen molar-refractivity contribution in [1.29, 1.82) is 0 Å². The quantitative estimate of drug-likeness (QED) is 0.279. The highest BCUT2D eigenvalue weighted by atomic mass is 32.1. The number of phenols is 2. The third-order valence-corrected chi connectivity index (χ3v) is 3.35. The second kappa shape index (κ2) is 7.91. The summed E-state index contributed by atoms with van der Waals surface area (Å²) >= 11 is 4.91. The van der Waals surface area contributed by atoms with Gasteiger partial charge >= 0.3 is 6.18 Å². The minimum atomic E-state index is -4.53. The van der Waals surface area contributed by atoms with Gasteiger partial charge in [-0.15, -0.1) is 0 Å². The lowest BCUT2D eigenvalue weighted by molar-refractivity contribution is -0.136. The maximum absolute atomic E-state index is 12.9. The molecule has 2 aromatic carbocycles. The van der Waals surface area contributed by atoms with Crippen molar-refractivity contribution in [2.24, 2.45) is 5.10 Å². The van der Waals surface area contributed by atoms with Crippen LogP contribution >= 0.6 is 12.2 Å². The summed E-state index contributed by atoms with van der Waals surface area (Å²) in [6.45, 7) is 0. The molecule has 0 aromatic heterocycles. The smallest absolute Gasteiger partial charge is 0.418 e. The normalized spacial score (nSPS) is 11.4. The van der Waals surface area contributed by atoms with E-state index in [1.54, 1.807) is 0 Å². The Kier molecular flexibility index (Phi) is 5.88. The molecule has 2 aromatic rings. The SMILES string of the molecule is COc1cc(/C=N/NC(=S)Nc2ccccc2C(F)(F)F)cc(O)c1O. The zero-order valence-electron chi connectivity index (χ0n) is 13.3. The topological polar surface area (TPSA) is 86.1 Å². The van der Waals surface area contributed by atoms with Crippen LogP contribution in [0.3, 0.4) is 0 Å². The molecule has 0 spiro atoms. The van der Waals surface area contributed by atoms with Crippen LogP contribution in [0.1, 0.15) is 11.1 Å². The number of hydrogen-bond donors (Lipinski definition) is 4. The van der Waals surface area contributed by atoms with Crippen molar-refractivity contribution in [2.75, 3.05) is 12.4 Å². The summed E-state index contributed by atoms with van der Waals surface area (Å²) in [7, 11) is 1.31. The van der Waals surface area contributed by atoms with Gasteiger partial charge in [-0.05, 0) is 36.5 Å². The second-order valence-corrected chi connectivity index (χ2v) is 5.37. The number of hydrogen-bond acceptors (Lipinski definition) is 5. The lowest BCUT2D eigenvalue weighted by Gasteiger charge is -2.14. The number of rotatable bonds is 4. The Morgan fingerprint density at radius 2 is 1.92 bits per heavy atom. The van der Waals surface area contributed by atoms with Crippen LogP contribution < -0.4 is 15.5 Å². The molecule has 138 valence electrons. The zero-order valence-corrected chi connectivity index (χ0v) is 14.1. The Balaban J connectivity index is 2.06. The molecular formula is C16H14F3N3O3S. The molecule has 6 nitrogen and oxygen atoms in total. The van der Waals surface area contributed by atoms with Gasteiger partial charge < -0.3 is 20.3 Å². The van der Waals surface area contributed by atoms with E-state index < -0.39 is 23.2 Å². The van der Waals surface area contributed by atoms with E-state index >= 15 is 0 Å². The molecular weight excluding hydrogens is 371 g/mol. The van der Waals surface area contributed by atoms with E-state index in [1.165, 1.54) is 43.7 Å². The molecule has 0 heterocycles. The number of anilines is 1. The van der Waals surface area contributed by atoms with E-state index in [4.69, 9.17) is 17.0 Å². The third-order valence-electron chi connectivity index (χ3n) is 3.16. The van der Waals surface area contributed by atoms with Crippen molar-refractivity contribution in [1.82, 2.24) is 5.43 Å². The van der Waals surface area contributed by atoms with Gasteiger partial charge in [-0.3, -0.25) is 5.43 Å². The fourth-order valence-corrected chi connectivity index (χ4v) is 2.16. The van der Waals surface area contributed by atoms with Crippen molar-refractivity contribution < 1.29 is 28.1 Å². The highest BCUT2D eigenvalue weighted by molar-refractivity contribution is 7.80. The summed E-state index contributed by atoms with van der Waals surface area (Å²) in [4.78, 5) is 0. The Hall–Kier alpha value is -3.01. The Labute approximate surface area is 151 Å². The first-order valence-electron chi connectivity index (χ1n) is 7.08. The van der Waals surface area contributed by atoms with Crippen LogP contribution in [0.15, 0.2) is 41.5 Å². The van der Waals surface area contributed by atoms with Crippen molar-refractivity contribution >= 4 is 29.2 Å². The van der Waals surface area contributed by atoms with Crippen molar-refractivity contribution in [2.45, 2.75) is 6.18 Å². The van der Waals surface area contributed by atoms with Crippen LogP contribution in [0.5, 0.6) is 17.2 Å². The van der Waals surface area contributed by atoms with Crippen LogP contribution in [0.2, 0.25) is 0 Å². The van der Waals surface area contributed by atoms with Gasteiger partial charge in [-0.1, -0.05) is 12.1 Å². The number of methoxy groups -OCH3 is 1. The second-order valence-electron chi connectivity index (χ2n) is 4.96. The van der Waals surface area contributed by atoms with Gasteiger partial charge in [-0.25, -0.2) is 0 Å². The Morgan fingerprint density at radius 3 is 2.58 bits per heavy atom. The average molecular weight is 385 g/mol. The van der Waals surface area contributed by atoms with Crippen LogP contribution in [-0.4, -0.2) is 28.6 Å². The Morgan fingerprint density at radius 1 is 1.23 bits per heavy atom. The summed E-state index contributed by atoms with van der Waals surface area (Å²) in [6.07, 6.45) is -3.28. The molecule has 0 saturated heterocycles. The van der Waals surface area contributed by atoms with Gasteiger partial charge in [-0.2, -0.15) is 18.3 Å². The molecule has 0 saturated carbocycles. The first-order valence-corrected chi connectivity index (χ1v) is 7.49. The number of alkyl halides is 3. The highest BCUT2D eigenvalue weighted by Gasteiger charge is 2.33. The summed E-state index contributed by atoms with van der Waals surface area (Å²) in [5.74, 6) is -0.796. The maximum Gasteiger partial charge on any atom is 0.418 e. The molecule has 26 heavy (non-hydrogen) atoms. The molecule has 4 N–H and O–H groups in total. The number of hydrazone groups is 1. The molecule has 0 unspecified atom stereocenters. The van der Waals surface area contributed by atoms with Crippen molar-refractivity contribution in [3.05, 3.63) is 47.5 Å². The number of nitrogens with zero attached hydrogens (tertiary/aromatic N) is 1. The molecule has 0 bridgehead atoms. The number of benzene rings is 2. The maximum atomic E-state index is 12.9. The molecule has 0 fully saturated rings. The number of phenolic OH excluding ortho intramolecular Hbond substituents is 2. The predicted octanol–water partition coefficient (Wildman–Crippen LogP) is 3.45. The fraction of sp³-hybridized carbons (Fsp3) is 0.125. The van der Waals surface area contributed by atoms with Gasteiger partial charge in [0.1, 0.15) is 0 Å². The molecule has 0 atom stereocenters. The standard InChI is InChI=1S/C16H14F3N3O3S/c1-25-13-7-9(6-12(23)14(13)24)8-20-22-15(26)21-11-5-3-2-4-10(11)16(17,18)19/h2-8,23-24H,1H3,(H2,21,22,26)/b20-8+. The van der Waals surface area contributed by atoms with Crippen LogP contribution in [0.25, 0.3) is 0 Å². The van der Waals surface area contributed by atoms with E-state index in [-0.39, 0.29) is 16.5 Å². The largest absolute Gasteiger partial charge is 0.504 e. The lowest BCUT2D eigenvalue weighted by Crippen LogP contribution is -2.25. The van der Waals surface area contributed by atoms with Crippen LogP contribution in [-0.2, 0) is 6.18 Å². The third kappa shape index (κ3) is 4.76. The summed E-state index contributed by atoms with van der Waals surface area (Å²) in [5.41, 5.74) is 1.66. The fourth-order valence-electron chi connectivity index (χ4n) is 2.00. The molecule has 0 radical (unpaired) electrons. The van der Waals surface area contributed by atoms with E-state index in [9.17, 15) is 23.4 Å². The molecule has 0 aliphatic heterocycles. The lowest BCUT2D eigenvalue weighted by atomic mass is 10.2. The molecule has 10 heteroatoms. The summed E-state index contributed by atoms with van der Waals surface area (Å²) < 4.78 is 43.7. The molecule has 0 aliphatic carbocycles. The van der Waals surface area contributed by atoms with E-state index in [1.807, 2.05) is 0 Å². The highest BCUT2D eigenvalue weighted by Crippen LogP contribution is 2.36. The number of halogens is 3. The van der Waals surface area contributed by atoms with Gasteiger partial charge in [0.05, 0.1) is 24.6 Å². The number of thiocarbonyl (C=S) groups is 1. The first kappa shape index (κ1) is 19.3. The summed E-state index contributed by atoms with van der Waals surface area (Å²) in [5, 5.41) is 25.1. The number of para-hydroxylation sites is 1. The monoisotopic (exact) mass is 385 g/mol. The minimum Gasteiger partial charge on any atom is -0.504 e. The first-order chi connectivity index (χ1) is 12.2. The number of ether oxygens (including phenoxy) is 1. The van der Waals surface area contributed by atoms with Crippen LogP contribution in [0, 0.1) is 0 Å². The number of aromatic hydroxyl groups is 2. The Bertz CT molecular complexity index is 841. The van der Waals surface area contributed by atoms with Crippen molar-refractivity contribution in [3.8, 4) is 17.2 Å². The average Bonchev–Trinajstić information content (AvgIpc) is 2.57. The van der Waals surface area contributed by atoms with Gasteiger partial charge in [0.25, 0.3) is 0 Å². The zero-order chi connectivity index (χ0) is 19.3. The molecule has 0 aliphatic rings. The van der Waals surface area contributed by atoms with E-state index in [2.05, 4.69) is 15.8 Å². The predicted molar refractivity (Wildman–Crippen MR) is 94.7 cm³/mol. The van der Waals surface area contributed by atoms with Crippen LogP contribution in [0.4, 0.5) is 18.9 Å². The van der Waals surface area contributed by atoms with Gasteiger partial charge in [0, 0.05) is 5.56 Å². The minimum absolute atomic E-state index is 0.0336. The summed E-state index contributed by atoms with van der Waals surface area (Å²) in [6, 6.07) is 7.50. The van der Waals surface area contributed by atoms with Gasteiger partial charge in [0.2, 0.25) is 5.75 Å².